The van der Waals surface area contributed by atoms with Crippen LogP contribution in [0.25, 0.3) is 0 Å². The van der Waals surface area contributed by atoms with Crippen molar-refractivity contribution in [1.29, 1.82) is 0 Å². The summed E-state index contributed by atoms with van der Waals surface area (Å²) < 4.78 is 35.2. The molecule has 8 nitrogen and oxygen atoms in total. The minimum absolute atomic E-state index is 0.0339. The molecule has 1 N–H and O–H groups in total. The summed E-state index contributed by atoms with van der Waals surface area (Å²) in [7, 11) is -2.96. The van der Waals surface area contributed by atoms with Crippen LogP contribution in [0.15, 0.2) is 95.9 Å². The molecule has 0 spiro atoms. The molecule has 0 unspecified atom stereocenters. The summed E-state index contributed by atoms with van der Waals surface area (Å²) in [4.78, 5) is 29.9. The second-order valence-corrected chi connectivity index (χ2v) is 14.4. The Morgan fingerprint density at radius 2 is 1.56 bits per heavy atom. The number of carbonyl (C=O) groups is 2. The Bertz CT molecular complexity index is 1820. The van der Waals surface area contributed by atoms with Gasteiger partial charge in [-0.15, -0.1) is 0 Å². The van der Waals surface area contributed by atoms with E-state index in [9.17, 15) is 18.0 Å². The number of unbranched alkanes of at least 4 members (excludes halogenated alkanes) is 1. The number of methoxy groups -OCH3 is 1. The number of halogens is 3. The van der Waals surface area contributed by atoms with Gasteiger partial charge in [0.15, 0.2) is 0 Å². The van der Waals surface area contributed by atoms with E-state index in [-0.39, 0.29) is 40.2 Å². The first kappa shape index (κ1) is 37.1. The molecular formula is C36H38Cl3N3O5S. The fourth-order valence-corrected chi connectivity index (χ4v) is 7.15. The standard InChI is InChI=1S/C36H38Cl3N3O5S/c1-4-5-19-40-36(44)33(20-26-9-7-6-8-10-26)41(23-27-13-14-28(37)21-31(27)39)35(43)24-42(32-22-29(38)15-18-34(32)47-3)48(45,46)30-16-11-25(2)12-17-30/h6-18,21-22,33H,4-5,19-20,23-24H2,1-3H3,(H,40,44)/t33-/m0/s1. The molecule has 48 heavy (non-hydrogen) atoms. The first-order valence-corrected chi connectivity index (χ1v) is 18.0. The Morgan fingerprint density at radius 1 is 0.896 bits per heavy atom. The average Bonchev–Trinajstić information content (AvgIpc) is 3.06. The van der Waals surface area contributed by atoms with E-state index in [2.05, 4.69) is 5.32 Å². The van der Waals surface area contributed by atoms with Gasteiger partial charge in [0.1, 0.15) is 18.3 Å². The van der Waals surface area contributed by atoms with Crippen molar-refractivity contribution >= 4 is 62.3 Å². The molecule has 0 aliphatic rings. The zero-order valence-electron chi connectivity index (χ0n) is 27.0. The highest BCUT2D eigenvalue weighted by Gasteiger charge is 2.36. The molecule has 0 aliphatic heterocycles. The lowest BCUT2D eigenvalue weighted by Crippen LogP contribution is -2.53. The van der Waals surface area contributed by atoms with E-state index in [4.69, 9.17) is 39.5 Å². The Kier molecular flexibility index (Phi) is 13.2. The van der Waals surface area contributed by atoms with Gasteiger partial charge >= 0.3 is 0 Å². The van der Waals surface area contributed by atoms with Gasteiger partial charge in [-0.3, -0.25) is 13.9 Å². The quantitative estimate of drug-likeness (QED) is 0.127. The van der Waals surface area contributed by atoms with Gasteiger partial charge in [0.05, 0.1) is 17.7 Å². The maximum atomic E-state index is 14.7. The maximum Gasteiger partial charge on any atom is 0.264 e. The predicted molar refractivity (Wildman–Crippen MR) is 193 cm³/mol. The smallest absolute Gasteiger partial charge is 0.264 e. The molecule has 0 fully saturated rings. The largest absolute Gasteiger partial charge is 0.495 e. The summed E-state index contributed by atoms with van der Waals surface area (Å²) in [5.41, 5.74) is 2.27. The lowest BCUT2D eigenvalue weighted by atomic mass is 10.0. The van der Waals surface area contributed by atoms with Crippen molar-refractivity contribution in [2.75, 3.05) is 24.5 Å². The maximum absolute atomic E-state index is 14.7. The zero-order chi connectivity index (χ0) is 34.8. The monoisotopic (exact) mass is 729 g/mol. The van der Waals surface area contributed by atoms with Crippen LogP contribution in [0.5, 0.6) is 5.75 Å². The number of aryl methyl sites for hydroxylation is 1. The highest BCUT2D eigenvalue weighted by molar-refractivity contribution is 7.92. The molecule has 0 heterocycles. The van der Waals surface area contributed by atoms with Gasteiger partial charge in [-0.2, -0.15) is 0 Å². The first-order valence-electron chi connectivity index (χ1n) is 15.4. The van der Waals surface area contributed by atoms with Crippen molar-refractivity contribution in [3.8, 4) is 5.75 Å². The highest BCUT2D eigenvalue weighted by Crippen LogP contribution is 2.35. The fourth-order valence-electron chi connectivity index (χ4n) is 5.10. The molecule has 2 amide bonds. The predicted octanol–water partition coefficient (Wildman–Crippen LogP) is 7.72. The fraction of sp³-hybridized carbons (Fsp3) is 0.278. The number of anilines is 1. The number of nitrogens with zero attached hydrogens (tertiary/aromatic N) is 2. The normalized spacial score (nSPS) is 11.9. The summed E-state index contributed by atoms with van der Waals surface area (Å²) >= 11 is 19.1. The van der Waals surface area contributed by atoms with Crippen LogP contribution in [0.2, 0.25) is 15.1 Å². The lowest BCUT2D eigenvalue weighted by Gasteiger charge is -2.34. The van der Waals surface area contributed by atoms with Gasteiger partial charge in [0.25, 0.3) is 10.0 Å². The van der Waals surface area contributed by atoms with Crippen LogP contribution in [0.4, 0.5) is 5.69 Å². The van der Waals surface area contributed by atoms with E-state index in [1.807, 2.05) is 44.2 Å². The van der Waals surface area contributed by atoms with Crippen molar-refractivity contribution in [3.63, 3.8) is 0 Å². The van der Waals surface area contributed by atoms with Crippen LogP contribution in [0.3, 0.4) is 0 Å². The Balaban J connectivity index is 1.86. The van der Waals surface area contributed by atoms with Crippen molar-refractivity contribution < 1.29 is 22.7 Å². The van der Waals surface area contributed by atoms with E-state index in [0.717, 1.165) is 28.3 Å². The van der Waals surface area contributed by atoms with Crippen LogP contribution in [0.1, 0.15) is 36.5 Å². The second-order valence-electron chi connectivity index (χ2n) is 11.2. The lowest BCUT2D eigenvalue weighted by molar-refractivity contribution is -0.140. The van der Waals surface area contributed by atoms with E-state index in [1.54, 1.807) is 36.4 Å². The molecule has 0 saturated carbocycles. The van der Waals surface area contributed by atoms with Gasteiger partial charge in [-0.25, -0.2) is 8.42 Å². The molecule has 0 radical (unpaired) electrons. The molecule has 0 bridgehead atoms. The molecule has 0 aromatic heterocycles. The van der Waals surface area contributed by atoms with Gasteiger partial charge in [0.2, 0.25) is 11.8 Å². The van der Waals surface area contributed by atoms with Crippen molar-refractivity contribution in [3.05, 3.63) is 123 Å². The highest BCUT2D eigenvalue weighted by atomic mass is 35.5. The van der Waals surface area contributed by atoms with Gasteiger partial charge < -0.3 is 15.0 Å². The summed E-state index contributed by atoms with van der Waals surface area (Å²) in [6.07, 6.45) is 1.78. The van der Waals surface area contributed by atoms with Crippen molar-refractivity contribution in [2.45, 2.75) is 50.6 Å². The summed E-state index contributed by atoms with van der Waals surface area (Å²) in [6.45, 7) is 3.50. The molecular weight excluding hydrogens is 693 g/mol. The van der Waals surface area contributed by atoms with E-state index < -0.39 is 28.5 Å². The Hall–Kier alpha value is -3.76. The Labute approximate surface area is 297 Å². The van der Waals surface area contributed by atoms with Gasteiger partial charge in [-0.1, -0.05) is 102 Å². The topological polar surface area (TPSA) is 96.0 Å². The average molecular weight is 731 g/mol. The number of ether oxygens (including phenoxy) is 1. The van der Waals surface area contributed by atoms with E-state index >= 15 is 0 Å². The summed E-state index contributed by atoms with van der Waals surface area (Å²) in [6, 6.07) is 24.0. The number of rotatable bonds is 15. The van der Waals surface area contributed by atoms with Crippen LogP contribution in [-0.2, 0) is 32.6 Å². The number of amides is 2. The Morgan fingerprint density at radius 3 is 2.21 bits per heavy atom. The number of carbonyl (C=O) groups excluding carboxylic acids is 2. The zero-order valence-corrected chi connectivity index (χ0v) is 30.0. The van der Waals surface area contributed by atoms with Crippen molar-refractivity contribution in [2.24, 2.45) is 0 Å². The molecule has 1 atom stereocenters. The number of hydrogen-bond acceptors (Lipinski definition) is 5. The molecule has 0 saturated heterocycles. The first-order chi connectivity index (χ1) is 22.9. The van der Waals surface area contributed by atoms with Crippen molar-refractivity contribution in [1.82, 2.24) is 10.2 Å². The van der Waals surface area contributed by atoms with Crippen LogP contribution in [-0.4, -0.2) is 51.4 Å². The van der Waals surface area contributed by atoms with E-state index in [1.165, 1.54) is 36.3 Å². The third kappa shape index (κ3) is 9.44. The summed E-state index contributed by atoms with van der Waals surface area (Å²) in [5.74, 6) is -0.836. The van der Waals surface area contributed by atoms with Crippen LogP contribution in [0, 0.1) is 6.92 Å². The number of hydrogen-bond donors (Lipinski definition) is 1. The molecule has 4 aromatic rings. The molecule has 254 valence electrons. The minimum atomic E-state index is -4.35. The number of nitrogens with one attached hydrogen (secondary N) is 1. The van der Waals surface area contributed by atoms with Gasteiger partial charge in [-0.05, 0) is 66.9 Å². The van der Waals surface area contributed by atoms with Gasteiger partial charge in [0, 0.05) is 34.6 Å². The molecule has 0 aliphatic carbocycles. The van der Waals surface area contributed by atoms with Crippen LogP contribution < -0.4 is 14.4 Å². The molecule has 4 aromatic carbocycles. The number of benzene rings is 4. The minimum Gasteiger partial charge on any atom is -0.495 e. The SMILES string of the molecule is CCCCNC(=O)[C@H](Cc1ccccc1)N(Cc1ccc(Cl)cc1Cl)C(=O)CN(c1cc(Cl)ccc1OC)S(=O)(=O)c1ccc(C)cc1. The third-order valence-corrected chi connectivity index (χ3v) is 10.3. The van der Waals surface area contributed by atoms with Crippen LogP contribution >= 0.6 is 34.8 Å². The summed E-state index contributed by atoms with van der Waals surface area (Å²) in [5, 5.41) is 3.91. The second kappa shape index (κ2) is 17.1. The molecule has 12 heteroatoms. The third-order valence-electron chi connectivity index (χ3n) is 7.75. The van der Waals surface area contributed by atoms with E-state index in [0.29, 0.717) is 22.2 Å². The molecule has 4 rings (SSSR count). The number of sulfonamides is 1.